The molecule has 4 rings (SSSR count). The molecule has 2 heterocycles. The van der Waals surface area contributed by atoms with E-state index >= 15 is 0 Å². The van der Waals surface area contributed by atoms with Crippen LogP contribution in [0.1, 0.15) is 32.1 Å². The van der Waals surface area contributed by atoms with Gasteiger partial charge in [-0.2, -0.15) is 0 Å². The number of primary amides is 1. The van der Waals surface area contributed by atoms with Crippen LogP contribution in [0.3, 0.4) is 0 Å². The predicted molar refractivity (Wildman–Crippen MR) is 108 cm³/mol. The molecule has 0 fully saturated rings. The van der Waals surface area contributed by atoms with Gasteiger partial charge in [0.05, 0.1) is 5.69 Å². The minimum absolute atomic E-state index is 0.0693. The number of H-pyrrole nitrogens is 1. The Morgan fingerprint density at radius 1 is 1.11 bits per heavy atom. The highest BCUT2D eigenvalue weighted by atomic mass is 16.2. The van der Waals surface area contributed by atoms with Gasteiger partial charge in [-0.1, -0.05) is 17.7 Å². The summed E-state index contributed by atoms with van der Waals surface area (Å²) in [5.41, 5.74) is 9.89. The molecule has 7 nitrogen and oxygen atoms in total. The van der Waals surface area contributed by atoms with Crippen molar-refractivity contribution in [3.05, 3.63) is 77.5 Å². The van der Waals surface area contributed by atoms with E-state index in [9.17, 15) is 9.59 Å². The third-order valence-corrected chi connectivity index (χ3v) is 4.64. The maximum Gasteiger partial charge on any atom is 0.275 e. The third-order valence-electron chi connectivity index (χ3n) is 4.64. The van der Waals surface area contributed by atoms with E-state index in [1.807, 2.05) is 56.4 Å². The molecular weight excluding hydrogens is 354 g/mol. The normalized spacial score (nSPS) is 10.9. The van der Waals surface area contributed by atoms with Gasteiger partial charge in [-0.3, -0.25) is 14.2 Å². The van der Waals surface area contributed by atoms with Crippen molar-refractivity contribution in [1.82, 2.24) is 14.5 Å². The molecule has 140 valence electrons. The molecule has 0 spiro atoms. The average molecular weight is 373 g/mol. The molecule has 0 atom stereocenters. The molecule has 0 aliphatic rings. The van der Waals surface area contributed by atoms with Crippen molar-refractivity contribution in [1.29, 1.82) is 0 Å². The highest BCUT2D eigenvalue weighted by Gasteiger charge is 2.24. The summed E-state index contributed by atoms with van der Waals surface area (Å²) in [6.07, 6.45) is 3.28. The predicted octanol–water partition coefficient (Wildman–Crippen LogP) is 3.32. The first kappa shape index (κ1) is 17.5. The number of nitrogens with zero attached hydrogens (tertiary/aromatic N) is 2. The van der Waals surface area contributed by atoms with Gasteiger partial charge in [-0.15, -0.1) is 0 Å². The van der Waals surface area contributed by atoms with E-state index in [-0.39, 0.29) is 11.4 Å². The lowest BCUT2D eigenvalue weighted by molar-refractivity contribution is 0.0971. The van der Waals surface area contributed by atoms with Crippen LogP contribution in [0.5, 0.6) is 0 Å². The molecular formula is C21H19N5O2. The molecule has 4 aromatic rings. The van der Waals surface area contributed by atoms with Crippen molar-refractivity contribution in [3.63, 3.8) is 0 Å². The topological polar surface area (TPSA) is 106 Å². The van der Waals surface area contributed by atoms with Gasteiger partial charge < -0.3 is 16.0 Å². The van der Waals surface area contributed by atoms with Gasteiger partial charge >= 0.3 is 0 Å². The van der Waals surface area contributed by atoms with Gasteiger partial charge in [0.25, 0.3) is 11.8 Å². The average Bonchev–Trinajstić information content (AvgIpc) is 3.28. The number of hydrogen-bond donors (Lipinski definition) is 3. The van der Waals surface area contributed by atoms with Crippen LogP contribution in [-0.4, -0.2) is 26.3 Å². The number of amides is 2. The van der Waals surface area contributed by atoms with Crippen molar-refractivity contribution >= 4 is 28.4 Å². The number of anilines is 1. The van der Waals surface area contributed by atoms with Crippen LogP contribution in [0, 0.1) is 13.8 Å². The Hall–Kier alpha value is -3.87. The SMILES string of the molecule is Cc1ccc(-n2cnc(C(N)=O)c2C(=O)Nc2ccc3[nH]ccc3c2)c(C)c1. The second-order valence-corrected chi connectivity index (χ2v) is 6.70. The molecule has 0 unspecified atom stereocenters. The van der Waals surface area contributed by atoms with Crippen LogP contribution in [0.4, 0.5) is 5.69 Å². The first-order valence-electron chi connectivity index (χ1n) is 8.77. The number of carbonyl (C=O) groups is 2. The number of imidazole rings is 1. The fraction of sp³-hybridized carbons (Fsp3) is 0.0952. The zero-order chi connectivity index (χ0) is 19.8. The second kappa shape index (κ2) is 6.70. The number of carbonyl (C=O) groups excluding carboxylic acids is 2. The zero-order valence-corrected chi connectivity index (χ0v) is 15.5. The highest BCUT2D eigenvalue weighted by Crippen LogP contribution is 2.22. The summed E-state index contributed by atoms with van der Waals surface area (Å²) in [6, 6.07) is 13.3. The molecule has 28 heavy (non-hydrogen) atoms. The van der Waals surface area contributed by atoms with Crippen LogP contribution >= 0.6 is 0 Å². The van der Waals surface area contributed by atoms with Crippen LogP contribution in [0.15, 0.2) is 55.0 Å². The Labute approximate surface area is 161 Å². The summed E-state index contributed by atoms with van der Waals surface area (Å²) >= 11 is 0. The van der Waals surface area contributed by atoms with Crippen molar-refractivity contribution < 1.29 is 9.59 Å². The standard InChI is InChI=1S/C21H19N5O2/c1-12-3-6-17(13(2)9-12)26-11-24-18(20(22)27)19(26)21(28)25-15-4-5-16-14(10-15)7-8-23-16/h3-11,23H,1-2H3,(H2,22,27)(H,25,28). The third kappa shape index (κ3) is 3.03. The Morgan fingerprint density at radius 3 is 2.68 bits per heavy atom. The molecule has 7 heteroatoms. The smallest absolute Gasteiger partial charge is 0.275 e. The maximum atomic E-state index is 13.1. The number of fused-ring (bicyclic) bond motifs is 1. The number of rotatable bonds is 4. The Morgan fingerprint density at radius 2 is 1.93 bits per heavy atom. The molecule has 0 saturated carbocycles. The van der Waals surface area contributed by atoms with Crippen LogP contribution in [0.2, 0.25) is 0 Å². The second-order valence-electron chi connectivity index (χ2n) is 6.70. The summed E-state index contributed by atoms with van der Waals surface area (Å²) in [6.45, 7) is 3.93. The van der Waals surface area contributed by atoms with Gasteiger partial charge in [-0.05, 0) is 49.7 Å². The van der Waals surface area contributed by atoms with Crippen molar-refractivity contribution in [2.45, 2.75) is 13.8 Å². The van der Waals surface area contributed by atoms with E-state index < -0.39 is 11.8 Å². The van der Waals surface area contributed by atoms with Gasteiger partial charge in [-0.25, -0.2) is 4.98 Å². The molecule has 4 N–H and O–H groups in total. The molecule has 0 aliphatic heterocycles. The quantitative estimate of drug-likeness (QED) is 0.511. The Bertz CT molecular complexity index is 1220. The summed E-state index contributed by atoms with van der Waals surface area (Å²) in [5, 5.41) is 3.81. The fourth-order valence-electron chi connectivity index (χ4n) is 3.33. The highest BCUT2D eigenvalue weighted by molar-refractivity contribution is 6.10. The molecule has 0 aliphatic carbocycles. The first-order chi connectivity index (χ1) is 13.4. The van der Waals surface area contributed by atoms with Crippen molar-refractivity contribution in [3.8, 4) is 5.69 Å². The number of benzene rings is 2. The van der Waals surface area contributed by atoms with Gasteiger partial charge in [0.15, 0.2) is 5.69 Å². The molecule has 2 aromatic carbocycles. The molecule has 2 aromatic heterocycles. The largest absolute Gasteiger partial charge is 0.364 e. The number of hydrogen-bond acceptors (Lipinski definition) is 3. The molecule has 0 radical (unpaired) electrons. The van der Waals surface area contributed by atoms with E-state index in [0.717, 1.165) is 27.7 Å². The van der Waals surface area contributed by atoms with Crippen molar-refractivity contribution in [2.75, 3.05) is 5.32 Å². The van der Waals surface area contributed by atoms with E-state index in [0.29, 0.717) is 5.69 Å². The zero-order valence-electron chi connectivity index (χ0n) is 15.5. The number of aromatic amines is 1. The Kier molecular flexibility index (Phi) is 4.19. The summed E-state index contributed by atoms with van der Waals surface area (Å²) in [5.74, 6) is -1.21. The van der Waals surface area contributed by atoms with Gasteiger partial charge in [0.1, 0.15) is 12.0 Å². The number of nitrogens with two attached hydrogens (primary N) is 1. The van der Waals surface area contributed by atoms with E-state index in [1.165, 1.54) is 6.33 Å². The molecule has 2 amide bonds. The molecule has 0 bridgehead atoms. The lowest BCUT2D eigenvalue weighted by Gasteiger charge is -2.13. The number of nitrogens with one attached hydrogen (secondary N) is 2. The lowest BCUT2D eigenvalue weighted by Crippen LogP contribution is -2.23. The van der Waals surface area contributed by atoms with E-state index in [2.05, 4.69) is 15.3 Å². The summed E-state index contributed by atoms with van der Waals surface area (Å²) < 4.78 is 1.60. The summed E-state index contributed by atoms with van der Waals surface area (Å²) in [4.78, 5) is 32.1. The van der Waals surface area contributed by atoms with Crippen LogP contribution in [0.25, 0.3) is 16.6 Å². The minimum Gasteiger partial charge on any atom is -0.364 e. The number of aromatic nitrogens is 3. The Balaban J connectivity index is 1.77. The van der Waals surface area contributed by atoms with Crippen LogP contribution < -0.4 is 11.1 Å². The lowest BCUT2D eigenvalue weighted by atomic mass is 10.1. The van der Waals surface area contributed by atoms with Gasteiger partial charge in [0, 0.05) is 22.8 Å². The first-order valence-corrected chi connectivity index (χ1v) is 8.77. The van der Waals surface area contributed by atoms with Crippen LogP contribution in [-0.2, 0) is 0 Å². The monoisotopic (exact) mass is 373 g/mol. The molecule has 0 saturated heterocycles. The van der Waals surface area contributed by atoms with Crippen molar-refractivity contribution in [2.24, 2.45) is 5.73 Å². The number of aryl methyl sites for hydroxylation is 2. The van der Waals surface area contributed by atoms with E-state index in [1.54, 1.807) is 10.6 Å². The van der Waals surface area contributed by atoms with E-state index in [4.69, 9.17) is 5.73 Å². The van der Waals surface area contributed by atoms with Gasteiger partial charge in [0.2, 0.25) is 0 Å². The minimum atomic E-state index is -0.755. The maximum absolute atomic E-state index is 13.1. The summed E-state index contributed by atoms with van der Waals surface area (Å²) in [7, 11) is 0. The fourth-order valence-corrected chi connectivity index (χ4v) is 3.33.